The fourth-order valence-electron chi connectivity index (χ4n) is 1.72. The number of hydrogen-bond acceptors (Lipinski definition) is 6. The van der Waals surface area contributed by atoms with E-state index in [9.17, 15) is 0 Å². The average molecular weight is 335 g/mol. The van der Waals surface area contributed by atoms with Crippen LogP contribution in [0.25, 0.3) is 23.1 Å². The molecule has 0 radical (unpaired) electrons. The molecule has 0 aromatic carbocycles. The first kappa shape index (κ1) is 12.9. The summed E-state index contributed by atoms with van der Waals surface area (Å²) >= 11 is 3.41. The lowest BCUT2D eigenvalue weighted by Crippen LogP contribution is -2.07. The third kappa shape index (κ3) is 2.47. The Bertz CT molecular complexity index is 722. The van der Waals surface area contributed by atoms with Crippen LogP contribution >= 0.6 is 15.9 Å². The molecule has 3 heterocycles. The summed E-state index contributed by atoms with van der Waals surface area (Å²) in [6, 6.07) is 3.69. The van der Waals surface area contributed by atoms with Crippen LogP contribution in [-0.4, -0.2) is 31.2 Å². The molecule has 0 aliphatic heterocycles. The third-order valence-electron chi connectivity index (χ3n) is 2.64. The van der Waals surface area contributed by atoms with E-state index < -0.39 is 0 Å². The van der Waals surface area contributed by atoms with Crippen LogP contribution in [0.1, 0.15) is 0 Å². The molecule has 3 aromatic rings. The van der Waals surface area contributed by atoms with E-state index in [-0.39, 0.29) is 0 Å². The highest BCUT2D eigenvalue weighted by Gasteiger charge is 2.15. The van der Waals surface area contributed by atoms with Gasteiger partial charge in [0.2, 0.25) is 5.82 Å². The van der Waals surface area contributed by atoms with Gasteiger partial charge in [0.05, 0.1) is 6.33 Å². The molecule has 7 nitrogen and oxygen atoms in total. The molecule has 0 saturated heterocycles. The van der Waals surface area contributed by atoms with Crippen LogP contribution in [0.3, 0.4) is 0 Å². The summed E-state index contributed by atoms with van der Waals surface area (Å²) in [6.45, 7) is 1.24. The lowest BCUT2D eigenvalue weighted by molar-refractivity contribution is 0.431. The van der Waals surface area contributed by atoms with Crippen molar-refractivity contribution in [3.8, 4) is 23.1 Å². The fourth-order valence-corrected chi connectivity index (χ4v) is 2.15. The standard InChI is InChI=1S/C12H11BrN6O/c13-8-2-1-4-15-10(8)11-17-12(20-18-11)9-6-19(5-3-14)7-16-9/h1-2,4,6-7H,3,5,14H2. The molecule has 8 heteroatoms. The second kappa shape index (κ2) is 5.51. The largest absolute Gasteiger partial charge is 0.335 e. The van der Waals surface area contributed by atoms with Crippen LogP contribution in [0.2, 0.25) is 0 Å². The van der Waals surface area contributed by atoms with E-state index in [4.69, 9.17) is 10.3 Å². The van der Waals surface area contributed by atoms with Gasteiger partial charge in [-0.2, -0.15) is 4.98 Å². The molecule has 0 aliphatic carbocycles. The lowest BCUT2D eigenvalue weighted by atomic mass is 10.3. The smallest absolute Gasteiger partial charge is 0.278 e. The summed E-state index contributed by atoms with van der Waals surface area (Å²) in [7, 11) is 0. The van der Waals surface area contributed by atoms with Crippen LogP contribution in [-0.2, 0) is 6.54 Å². The molecule has 0 saturated carbocycles. The van der Waals surface area contributed by atoms with E-state index in [1.807, 2.05) is 22.9 Å². The minimum absolute atomic E-state index is 0.355. The quantitative estimate of drug-likeness (QED) is 0.780. The highest BCUT2D eigenvalue weighted by molar-refractivity contribution is 9.10. The predicted molar refractivity (Wildman–Crippen MR) is 75.5 cm³/mol. The molecule has 0 spiro atoms. The highest BCUT2D eigenvalue weighted by atomic mass is 79.9. The molecular weight excluding hydrogens is 324 g/mol. The lowest BCUT2D eigenvalue weighted by Gasteiger charge is -1.95. The zero-order chi connectivity index (χ0) is 13.9. The molecule has 0 atom stereocenters. The summed E-state index contributed by atoms with van der Waals surface area (Å²) in [4.78, 5) is 12.7. The summed E-state index contributed by atoms with van der Waals surface area (Å²) in [5, 5.41) is 3.93. The van der Waals surface area contributed by atoms with Crippen LogP contribution in [0.4, 0.5) is 0 Å². The Morgan fingerprint density at radius 1 is 1.35 bits per heavy atom. The molecular formula is C12H11BrN6O. The maximum absolute atomic E-state index is 5.49. The van der Waals surface area contributed by atoms with Gasteiger partial charge >= 0.3 is 0 Å². The Morgan fingerprint density at radius 2 is 2.25 bits per heavy atom. The van der Waals surface area contributed by atoms with Crippen LogP contribution in [0.15, 0.2) is 39.8 Å². The monoisotopic (exact) mass is 334 g/mol. The van der Waals surface area contributed by atoms with Crippen molar-refractivity contribution in [2.24, 2.45) is 5.73 Å². The first-order valence-electron chi connectivity index (χ1n) is 5.95. The van der Waals surface area contributed by atoms with Crippen molar-refractivity contribution >= 4 is 15.9 Å². The summed E-state index contributed by atoms with van der Waals surface area (Å²) in [5.74, 6) is 0.772. The Labute approximate surface area is 123 Å². The molecule has 3 aromatic heterocycles. The van der Waals surface area contributed by atoms with E-state index >= 15 is 0 Å². The molecule has 0 amide bonds. The van der Waals surface area contributed by atoms with Crippen LogP contribution in [0, 0.1) is 0 Å². The Kier molecular flexibility index (Phi) is 3.57. The molecule has 102 valence electrons. The second-order valence-electron chi connectivity index (χ2n) is 4.04. The zero-order valence-electron chi connectivity index (χ0n) is 10.4. The Balaban J connectivity index is 1.91. The molecule has 0 bridgehead atoms. The topological polar surface area (TPSA) is 95.7 Å². The molecule has 0 fully saturated rings. The van der Waals surface area contributed by atoms with Crippen molar-refractivity contribution in [2.75, 3.05) is 6.54 Å². The number of hydrogen-bond donors (Lipinski definition) is 1. The van der Waals surface area contributed by atoms with Gasteiger partial charge in [0.25, 0.3) is 5.89 Å². The minimum atomic E-state index is 0.355. The highest BCUT2D eigenvalue weighted by Crippen LogP contribution is 2.25. The van der Waals surface area contributed by atoms with E-state index in [1.54, 1.807) is 12.5 Å². The second-order valence-corrected chi connectivity index (χ2v) is 4.90. The number of halogens is 1. The van der Waals surface area contributed by atoms with Crippen molar-refractivity contribution in [3.63, 3.8) is 0 Å². The first-order chi connectivity index (χ1) is 9.78. The third-order valence-corrected chi connectivity index (χ3v) is 3.28. The van der Waals surface area contributed by atoms with Gasteiger partial charge in [-0.25, -0.2) is 4.98 Å². The van der Waals surface area contributed by atoms with Crippen molar-refractivity contribution in [1.29, 1.82) is 0 Å². The van der Waals surface area contributed by atoms with Crippen molar-refractivity contribution in [3.05, 3.63) is 35.3 Å². The van der Waals surface area contributed by atoms with Crippen molar-refractivity contribution in [2.45, 2.75) is 6.54 Å². The van der Waals surface area contributed by atoms with Gasteiger partial charge in [0, 0.05) is 30.0 Å². The number of nitrogens with zero attached hydrogens (tertiary/aromatic N) is 5. The van der Waals surface area contributed by atoms with E-state index in [0.29, 0.717) is 36.2 Å². The van der Waals surface area contributed by atoms with Gasteiger partial charge in [-0.3, -0.25) is 4.98 Å². The van der Waals surface area contributed by atoms with Gasteiger partial charge in [-0.05, 0) is 28.1 Å². The maximum atomic E-state index is 5.49. The number of pyridine rings is 1. The first-order valence-corrected chi connectivity index (χ1v) is 6.74. The van der Waals surface area contributed by atoms with Crippen molar-refractivity contribution in [1.82, 2.24) is 24.7 Å². The summed E-state index contributed by atoms with van der Waals surface area (Å²) in [5.41, 5.74) is 6.74. The molecule has 0 unspecified atom stereocenters. The molecule has 2 N–H and O–H groups in total. The number of nitrogens with two attached hydrogens (primary N) is 1. The van der Waals surface area contributed by atoms with Crippen LogP contribution in [0.5, 0.6) is 0 Å². The number of imidazole rings is 1. The Morgan fingerprint density at radius 3 is 3.05 bits per heavy atom. The number of aromatic nitrogens is 5. The predicted octanol–water partition coefficient (Wildman–Crippen LogP) is 1.72. The molecule has 3 rings (SSSR count). The van der Waals surface area contributed by atoms with Crippen LogP contribution < -0.4 is 5.73 Å². The molecule has 0 aliphatic rings. The van der Waals surface area contributed by atoms with Gasteiger partial charge in [0.1, 0.15) is 11.4 Å². The van der Waals surface area contributed by atoms with E-state index in [2.05, 4.69) is 36.0 Å². The van der Waals surface area contributed by atoms with Gasteiger partial charge < -0.3 is 14.8 Å². The molecule has 20 heavy (non-hydrogen) atoms. The van der Waals surface area contributed by atoms with Gasteiger partial charge in [0.15, 0.2) is 0 Å². The minimum Gasteiger partial charge on any atom is -0.335 e. The van der Waals surface area contributed by atoms with Gasteiger partial charge in [-0.15, -0.1) is 0 Å². The fraction of sp³-hybridized carbons (Fsp3) is 0.167. The van der Waals surface area contributed by atoms with E-state index in [1.165, 1.54) is 0 Å². The normalized spacial score (nSPS) is 10.9. The zero-order valence-corrected chi connectivity index (χ0v) is 12.0. The Hall–Kier alpha value is -2.06. The summed E-state index contributed by atoms with van der Waals surface area (Å²) < 4.78 is 7.90. The summed E-state index contributed by atoms with van der Waals surface area (Å²) in [6.07, 6.45) is 5.17. The van der Waals surface area contributed by atoms with Gasteiger partial charge in [-0.1, -0.05) is 5.16 Å². The maximum Gasteiger partial charge on any atom is 0.278 e. The van der Waals surface area contributed by atoms with Crippen molar-refractivity contribution < 1.29 is 4.52 Å². The number of rotatable bonds is 4. The average Bonchev–Trinajstić information content (AvgIpc) is 3.08. The van der Waals surface area contributed by atoms with E-state index in [0.717, 1.165) is 4.47 Å². The SMILES string of the molecule is NCCn1cnc(-c2nc(-c3ncccc3Br)no2)c1.